The van der Waals surface area contributed by atoms with Crippen molar-refractivity contribution in [2.45, 2.75) is 50.9 Å². The van der Waals surface area contributed by atoms with Gasteiger partial charge in [0.1, 0.15) is 0 Å². The van der Waals surface area contributed by atoms with Crippen LogP contribution in [0.1, 0.15) is 44.8 Å². The monoisotopic (exact) mass is 331 g/mol. The van der Waals surface area contributed by atoms with Gasteiger partial charge in [0.15, 0.2) is 0 Å². The molecule has 1 aromatic rings. The molecule has 1 N–H and O–H groups in total. The normalized spacial score (nSPS) is 21.4. The molecule has 2 heterocycles. The molecule has 1 aromatic heterocycles. The Morgan fingerprint density at radius 1 is 1.61 bits per heavy atom. The summed E-state index contributed by atoms with van der Waals surface area (Å²) < 4.78 is 3.27. The summed E-state index contributed by atoms with van der Waals surface area (Å²) >= 11 is 5.77. The number of aromatic nitrogens is 2. The van der Waals surface area contributed by atoms with Crippen molar-refractivity contribution >= 4 is 27.7 Å². The van der Waals surface area contributed by atoms with Gasteiger partial charge in [0, 0.05) is 11.8 Å². The molecule has 2 rings (SSSR count). The molecule has 1 fully saturated rings. The van der Waals surface area contributed by atoms with Crippen LogP contribution in [0.3, 0.4) is 0 Å². The third-order valence-corrected chi connectivity index (χ3v) is 5.45. The van der Waals surface area contributed by atoms with Crippen molar-refractivity contribution in [1.29, 1.82) is 0 Å². The Kier molecular flexibility index (Phi) is 5.57. The van der Waals surface area contributed by atoms with Crippen molar-refractivity contribution in [1.82, 2.24) is 15.1 Å². The second kappa shape index (κ2) is 6.96. The van der Waals surface area contributed by atoms with Crippen molar-refractivity contribution in [3.8, 4) is 0 Å². The lowest BCUT2D eigenvalue weighted by molar-refractivity contribution is 0.459. The smallest absolute Gasteiger partial charge is 0.0706 e. The van der Waals surface area contributed by atoms with E-state index in [0.717, 1.165) is 17.6 Å². The summed E-state index contributed by atoms with van der Waals surface area (Å²) in [6.45, 7) is 6.38. The van der Waals surface area contributed by atoms with Crippen LogP contribution in [0, 0.1) is 0 Å². The summed E-state index contributed by atoms with van der Waals surface area (Å²) in [6, 6.07) is 0.425. The molecule has 102 valence electrons. The van der Waals surface area contributed by atoms with Crippen LogP contribution in [0.4, 0.5) is 0 Å². The second-order valence-corrected chi connectivity index (χ2v) is 6.88. The van der Waals surface area contributed by atoms with Crippen LogP contribution in [0.15, 0.2) is 10.7 Å². The number of halogens is 1. The molecule has 18 heavy (non-hydrogen) atoms. The van der Waals surface area contributed by atoms with Gasteiger partial charge in [-0.15, -0.1) is 0 Å². The topological polar surface area (TPSA) is 29.9 Å². The maximum absolute atomic E-state index is 4.46. The van der Waals surface area contributed by atoms with E-state index in [2.05, 4.69) is 56.6 Å². The van der Waals surface area contributed by atoms with Crippen LogP contribution >= 0.6 is 27.7 Å². The number of rotatable bonds is 6. The van der Waals surface area contributed by atoms with E-state index in [-0.39, 0.29) is 0 Å². The van der Waals surface area contributed by atoms with E-state index < -0.39 is 0 Å². The molecule has 0 spiro atoms. The van der Waals surface area contributed by atoms with Gasteiger partial charge in [-0.05, 0) is 54.4 Å². The summed E-state index contributed by atoms with van der Waals surface area (Å²) in [5.74, 6) is 1.30. The zero-order valence-corrected chi connectivity index (χ0v) is 13.6. The standard InChI is InChI=1S/C13H22BrN3S/c1-3-7-15-12(11-6-5-8-18-11)13-10(14)9-16-17(13)4-2/h9,11-12,15H,3-8H2,1-2H3. The number of aryl methyl sites for hydroxylation is 1. The lowest BCUT2D eigenvalue weighted by Crippen LogP contribution is -2.32. The molecular formula is C13H22BrN3S. The Balaban J connectivity index is 2.23. The van der Waals surface area contributed by atoms with Crippen LogP contribution in [0.25, 0.3) is 0 Å². The first-order valence-corrected chi connectivity index (χ1v) is 8.68. The lowest BCUT2D eigenvalue weighted by Gasteiger charge is -2.25. The molecule has 1 saturated heterocycles. The van der Waals surface area contributed by atoms with Crippen molar-refractivity contribution in [3.63, 3.8) is 0 Å². The van der Waals surface area contributed by atoms with Gasteiger partial charge in [-0.25, -0.2) is 0 Å². The van der Waals surface area contributed by atoms with Crippen molar-refractivity contribution < 1.29 is 0 Å². The summed E-state index contributed by atoms with van der Waals surface area (Å²) in [4.78, 5) is 0. The Morgan fingerprint density at radius 3 is 3.06 bits per heavy atom. The number of hydrogen-bond donors (Lipinski definition) is 1. The van der Waals surface area contributed by atoms with Crippen molar-refractivity contribution in [2.24, 2.45) is 0 Å². The largest absolute Gasteiger partial charge is 0.308 e. The van der Waals surface area contributed by atoms with Crippen LogP contribution in [-0.4, -0.2) is 27.3 Å². The number of thioether (sulfide) groups is 1. The van der Waals surface area contributed by atoms with E-state index >= 15 is 0 Å². The van der Waals surface area contributed by atoms with Gasteiger partial charge in [-0.3, -0.25) is 4.68 Å². The van der Waals surface area contributed by atoms with E-state index in [0.29, 0.717) is 11.3 Å². The first-order chi connectivity index (χ1) is 8.77. The van der Waals surface area contributed by atoms with Crippen LogP contribution in [0.2, 0.25) is 0 Å². The summed E-state index contributed by atoms with van der Waals surface area (Å²) in [5, 5.41) is 8.86. The van der Waals surface area contributed by atoms with Crippen LogP contribution in [-0.2, 0) is 6.54 Å². The highest BCUT2D eigenvalue weighted by Crippen LogP contribution is 2.38. The van der Waals surface area contributed by atoms with E-state index in [4.69, 9.17) is 0 Å². The minimum atomic E-state index is 0.425. The average molecular weight is 332 g/mol. The van der Waals surface area contributed by atoms with Gasteiger partial charge >= 0.3 is 0 Å². The fourth-order valence-electron chi connectivity index (χ4n) is 2.50. The fourth-order valence-corrected chi connectivity index (χ4v) is 4.43. The number of nitrogens with zero attached hydrogens (tertiary/aromatic N) is 2. The molecule has 0 bridgehead atoms. The first kappa shape index (κ1) is 14.4. The van der Waals surface area contributed by atoms with Gasteiger partial charge in [-0.2, -0.15) is 16.9 Å². The van der Waals surface area contributed by atoms with Gasteiger partial charge in [-0.1, -0.05) is 6.92 Å². The minimum Gasteiger partial charge on any atom is -0.308 e. The zero-order valence-electron chi connectivity index (χ0n) is 11.2. The third kappa shape index (κ3) is 3.11. The molecule has 2 unspecified atom stereocenters. The zero-order chi connectivity index (χ0) is 13.0. The molecular weight excluding hydrogens is 310 g/mol. The Bertz CT molecular complexity index is 374. The first-order valence-electron chi connectivity index (χ1n) is 6.84. The molecule has 2 atom stereocenters. The van der Waals surface area contributed by atoms with Gasteiger partial charge < -0.3 is 5.32 Å². The predicted molar refractivity (Wildman–Crippen MR) is 82.1 cm³/mol. The molecule has 0 amide bonds. The van der Waals surface area contributed by atoms with E-state index in [9.17, 15) is 0 Å². The molecule has 0 radical (unpaired) electrons. The van der Waals surface area contributed by atoms with Crippen LogP contribution in [0.5, 0.6) is 0 Å². The summed E-state index contributed by atoms with van der Waals surface area (Å²) in [6.07, 6.45) is 5.76. The van der Waals surface area contributed by atoms with Crippen molar-refractivity contribution in [3.05, 3.63) is 16.4 Å². The Morgan fingerprint density at radius 2 is 2.44 bits per heavy atom. The highest BCUT2D eigenvalue weighted by molar-refractivity contribution is 9.10. The SMILES string of the molecule is CCCNC(c1c(Br)cnn1CC)C1CCCS1. The number of hydrogen-bond acceptors (Lipinski definition) is 3. The molecule has 0 saturated carbocycles. The highest BCUT2D eigenvalue weighted by Gasteiger charge is 2.30. The summed E-state index contributed by atoms with van der Waals surface area (Å²) in [5.41, 5.74) is 1.32. The van der Waals surface area contributed by atoms with E-state index in [1.54, 1.807) is 0 Å². The molecule has 5 heteroatoms. The fraction of sp³-hybridized carbons (Fsp3) is 0.769. The molecule has 0 aliphatic carbocycles. The molecule has 3 nitrogen and oxygen atoms in total. The van der Waals surface area contributed by atoms with Gasteiger partial charge in [0.2, 0.25) is 0 Å². The summed E-state index contributed by atoms with van der Waals surface area (Å²) in [7, 11) is 0. The third-order valence-electron chi connectivity index (χ3n) is 3.38. The Labute approximate surface area is 122 Å². The molecule has 1 aliphatic heterocycles. The van der Waals surface area contributed by atoms with Crippen LogP contribution < -0.4 is 5.32 Å². The maximum atomic E-state index is 4.46. The number of nitrogens with one attached hydrogen (secondary N) is 1. The lowest BCUT2D eigenvalue weighted by atomic mass is 10.1. The quantitative estimate of drug-likeness (QED) is 0.863. The Hall–Kier alpha value is -0.000000000000000111. The maximum Gasteiger partial charge on any atom is 0.0706 e. The van der Waals surface area contributed by atoms with Crippen molar-refractivity contribution in [2.75, 3.05) is 12.3 Å². The predicted octanol–water partition coefficient (Wildman–Crippen LogP) is 3.60. The average Bonchev–Trinajstić information content (AvgIpc) is 3.01. The second-order valence-electron chi connectivity index (χ2n) is 4.68. The highest BCUT2D eigenvalue weighted by atomic mass is 79.9. The van der Waals surface area contributed by atoms with Gasteiger partial charge in [0.05, 0.1) is 22.4 Å². The molecule has 0 aromatic carbocycles. The van der Waals surface area contributed by atoms with Gasteiger partial charge in [0.25, 0.3) is 0 Å². The minimum absolute atomic E-state index is 0.425. The van der Waals surface area contributed by atoms with E-state index in [1.165, 1.54) is 30.7 Å². The van der Waals surface area contributed by atoms with E-state index in [1.807, 2.05) is 6.20 Å². The molecule has 1 aliphatic rings.